The Morgan fingerprint density at radius 3 is 1.95 bits per heavy atom. The van der Waals surface area contributed by atoms with Gasteiger partial charge in [0.05, 0.1) is 9.79 Å². The van der Waals surface area contributed by atoms with E-state index in [2.05, 4.69) is 12.6 Å². The number of carbonyl (C=O) groups is 3. The van der Waals surface area contributed by atoms with E-state index >= 15 is 0 Å². The molecule has 1 aliphatic rings. The predicted octanol–water partition coefficient (Wildman–Crippen LogP) is 4.61. The Hall–Kier alpha value is -2.98. The van der Waals surface area contributed by atoms with Crippen LogP contribution in [0, 0.1) is 0 Å². The topological polar surface area (TPSA) is 166 Å². The van der Waals surface area contributed by atoms with Gasteiger partial charge in [-0.1, -0.05) is 6.07 Å². The zero-order chi connectivity index (χ0) is 32.5. The standard InChI is InChI=1S/C26H39N3O10S3/c1-24(2,3)37-21(30)27-41(33,34)19-11-10-12-20(14-19)42(35,36)29(23(32)39-26(7,8)9)15-17-13-18(40)16-28(17)22(31)38-25(4,5)6/h10-12,14-15,18,40H,13,16H2,1-9H3,(H,27,30)/b17-15+. The van der Waals surface area contributed by atoms with Crippen LogP contribution in [-0.2, 0) is 34.3 Å². The van der Waals surface area contributed by atoms with E-state index in [1.54, 1.807) is 25.5 Å². The van der Waals surface area contributed by atoms with Crippen LogP contribution in [0.4, 0.5) is 14.4 Å². The third kappa shape index (κ3) is 10.1. The normalized spacial score (nSPS) is 17.5. The molecule has 236 valence electrons. The lowest BCUT2D eigenvalue weighted by molar-refractivity contribution is 0.0326. The molecule has 1 saturated heterocycles. The van der Waals surface area contributed by atoms with Crippen LogP contribution >= 0.6 is 12.6 Å². The molecule has 1 fully saturated rings. The Labute approximate surface area is 253 Å². The van der Waals surface area contributed by atoms with Crippen LogP contribution in [0.5, 0.6) is 0 Å². The molecule has 1 aromatic carbocycles. The van der Waals surface area contributed by atoms with Gasteiger partial charge >= 0.3 is 18.3 Å². The van der Waals surface area contributed by atoms with Crippen LogP contribution < -0.4 is 4.72 Å². The zero-order valence-electron chi connectivity index (χ0n) is 25.1. The third-order valence-electron chi connectivity index (χ3n) is 4.93. The van der Waals surface area contributed by atoms with Crippen molar-refractivity contribution >= 4 is 51.0 Å². The highest BCUT2D eigenvalue weighted by atomic mass is 32.2. The van der Waals surface area contributed by atoms with Gasteiger partial charge in [0.25, 0.3) is 20.0 Å². The molecule has 13 nitrogen and oxygen atoms in total. The highest BCUT2D eigenvalue weighted by Crippen LogP contribution is 2.30. The largest absolute Gasteiger partial charge is 0.443 e. The molecule has 0 spiro atoms. The van der Waals surface area contributed by atoms with Gasteiger partial charge < -0.3 is 14.2 Å². The summed E-state index contributed by atoms with van der Waals surface area (Å²) in [7, 11) is -9.41. The fourth-order valence-corrected chi connectivity index (χ4v) is 6.01. The van der Waals surface area contributed by atoms with E-state index in [4.69, 9.17) is 14.2 Å². The van der Waals surface area contributed by atoms with Crippen LogP contribution in [0.15, 0.2) is 46.0 Å². The number of hydrogen-bond donors (Lipinski definition) is 2. The minimum Gasteiger partial charge on any atom is -0.443 e. The Bertz CT molecular complexity index is 1450. The molecular formula is C26H39N3O10S3. The number of hydrogen-bond acceptors (Lipinski definition) is 11. The van der Waals surface area contributed by atoms with Crippen molar-refractivity contribution in [1.82, 2.24) is 13.9 Å². The van der Waals surface area contributed by atoms with Crippen molar-refractivity contribution in [1.29, 1.82) is 0 Å². The quantitative estimate of drug-likeness (QED) is 0.340. The average molecular weight is 650 g/mol. The second-order valence-corrected chi connectivity index (χ2v) is 16.7. The molecule has 0 aliphatic carbocycles. The molecular weight excluding hydrogens is 610 g/mol. The monoisotopic (exact) mass is 649 g/mol. The van der Waals surface area contributed by atoms with Crippen LogP contribution in [-0.4, -0.2) is 72.9 Å². The van der Waals surface area contributed by atoms with E-state index in [1.165, 1.54) is 46.4 Å². The van der Waals surface area contributed by atoms with Crippen molar-refractivity contribution < 1.29 is 45.4 Å². The first-order valence-corrected chi connectivity index (χ1v) is 16.3. The molecule has 0 saturated carbocycles. The number of carbonyl (C=O) groups excluding carboxylic acids is 3. The van der Waals surface area contributed by atoms with E-state index in [1.807, 2.05) is 0 Å². The van der Waals surface area contributed by atoms with Gasteiger partial charge in [0, 0.05) is 30.1 Å². The number of likely N-dealkylation sites (tertiary alicyclic amines) is 1. The summed E-state index contributed by atoms with van der Waals surface area (Å²) in [5, 5.41) is -0.389. The number of sulfonamides is 2. The van der Waals surface area contributed by atoms with Crippen molar-refractivity contribution in [3.8, 4) is 0 Å². The summed E-state index contributed by atoms with van der Waals surface area (Å²) in [5.74, 6) is 0. The first-order valence-electron chi connectivity index (χ1n) is 12.8. The molecule has 0 radical (unpaired) electrons. The minimum atomic E-state index is -4.83. The van der Waals surface area contributed by atoms with Crippen molar-refractivity contribution in [2.24, 2.45) is 0 Å². The summed E-state index contributed by atoms with van der Waals surface area (Å²) in [4.78, 5) is 38.2. The van der Waals surface area contributed by atoms with Crippen LogP contribution in [0.25, 0.3) is 0 Å². The number of nitrogens with zero attached hydrogens (tertiary/aromatic N) is 2. The Kier molecular flexibility index (Phi) is 10.3. The summed E-state index contributed by atoms with van der Waals surface area (Å²) in [6.07, 6.45) is -2.30. The smallest absolute Gasteiger partial charge is 0.428 e. The molecule has 1 aliphatic heterocycles. The summed E-state index contributed by atoms with van der Waals surface area (Å²) in [5.41, 5.74) is -2.86. The summed E-state index contributed by atoms with van der Waals surface area (Å²) < 4.78 is 71.2. The van der Waals surface area contributed by atoms with Gasteiger partial charge in [-0.05, 0) is 80.5 Å². The lowest BCUT2D eigenvalue weighted by Gasteiger charge is -2.28. The second kappa shape index (κ2) is 12.3. The van der Waals surface area contributed by atoms with Gasteiger partial charge in [-0.3, -0.25) is 4.90 Å². The molecule has 42 heavy (non-hydrogen) atoms. The van der Waals surface area contributed by atoms with Crippen molar-refractivity contribution in [3.05, 3.63) is 36.2 Å². The van der Waals surface area contributed by atoms with E-state index in [9.17, 15) is 31.2 Å². The molecule has 1 atom stereocenters. The van der Waals surface area contributed by atoms with E-state index < -0.39 is 64.9 Å². The maximum atomic E-state index is 13.8. The van der Waals surface area contributed by atoms with Gasteiger partial charge in [0.15, 0.2) is 0 Å². The van der Waals surface area contributed by atoms with E-state index in [0.717, 1.165) is 30.5 Å². The summed E-state index contributed by atoms with van der Waals surface area (Å²) >= 11 is 4.41. The van der Waals surface area contributed by atoms with Crippen molar-refractivity contribution in [3.63, 3.8) is 0 Å². The molecule has 1 heterocycles. The molecule has 16 heteroatoms. The zero-order valence-corrected chi connectivity index (χ0v) is 27.6. The number of rotatable bonds is 5. The number of nitrogens with one attached hydrogen (secondary N) is 1. The molecule has 1 aromatic rings. The van der Waals surface area contributed by atoms with Gasteiger partial charge in [-0.15, -0.1) is 0 Å². The molecule has 1 N–H and O–H groups in total. The summed E-state index contributed by atoms with van der Waals surface area (Å²) in [6.45, 7) is 14.3. The lowest BCUT2D eigenvalue weighted by atomic mass is 10.2. The highest BCUT2D eigenvalue weighted by molar-refractivity contribution is 7.90. The molecule has 2 rings (SSSR count). The predicted molar refractivity (Wildman–Crippen MR) is 157 cm³/mol. The Morgan fingerprint density at radius 1 is 0.905 bits per heavy atom. The highest BCUT2D eigenvalue weighted by Gasteiger charge is 2.38. The maximum absolute atomic E-state index is 13.8. The minimum absolute atomic E-state index is 0.0795. The molecule has 3 amide bonds. The third-order valence-corrected chi connectivity index (χ3v) is 8.21. The van der Waals surface area contributed by atoms with Crippen LogP contribution in [0.1, 0.15) is 68.7 Å². The lowest BCUT2D eigenvalue weighted by Crippen LogP contribution is -2.39. The maximum Gasteiger partial charge on any atom is 0.428 e. The van der Waals surface area contributed by atoms with Crippen molar-refractivity contribution in [2.75, 3.05) is 6.54 Å². The number of benzene rings is 1. The van der Waals surface area contributed by atoms with Crippen molar-refractivity contribution in [2.45, 2.75) is 101 Å². The average Bonchev–Trinajstić information content (AvgIpc) is 3.13. The SMILES string of the molecule is CC(C)(C)OC(=O)NS(=O)(=O)c1cccc(S(=O)(=O)N(/C=C2\CC(S)CN2C(=O)OC(C)(C)C)C(=O)OC(C)(C)C)c1. The van der Waals surface area contributed by atoms with E-state index in [0.29, 0.717) is 4.31 Å². The Balaban J connectivity index is 2.59. The Morgan fingerprint density at radius 2 is 1.43 bits per heavy atom. The van der Waals surface area contributed by atoms with Gasteiger partial charge in [-0.25, -0.2) is 35.9 Å². The van der Waals surface area contributed by atoms with E-state index in [-0.39, 0.29) is 23.9 Å². The molecule has 0 aromatic heterocycles. The first kappa shape index (κ1) is 35.2. The number of amides is 3. The van der Waals surface area contributed by atoms with Crippen LogP contribution in [0.2, 0.25) is 0 Å². The number of thiol groups is 1. The van der Waals surface area contributed by atoms with Gasteiger partial charge in [0.2, 0.25) is 0 Å². The van der Waals surface area contributed by atoms with Crippen LogP contribution in [0.3, 0.4) is 0 Å². The number of ether oxygens (including phenoxy) is 3. The van der Waals surface area contributed by atoms with Gasteiger partial charge in [0.1, 0.15) is 16.8 Å². The summed E-state index contributed by atoms with van der Waals surface area (Å²) in [6, 6.07) is 4.04. The molecule has 0 bridgehead atoms. The number of allylic oxidation sites excluding steroid dienone is 1. The molecule has 1 unspecified atom stereocenters. The second-order valence-electron chi connectivity index (χ2n) is 12.4. The fourth-order valence-electron chi connectivity index (χ4n) is 3.42. The first-order chi connectivity index (χ1) is 18.8. The fraction of sp³-hybridized carbons (Fsp3) is 0.577. The van der Waals surface area contributed by atoms with Gasteiger partial charge in [-0.2, -0.15) is 16.9 Å².